The molecular formula is C26H44O5. The van der Waals surface area contributed by atoms with Gasteiger partial charge in [-0.25, -0.2) is 0 Å². The third-order valence-corrected chi connectivity index (χ3v) is 8.47. The lowest BCUT2D eigenvalue weighted by atomic mass is 9.48. The summed E-state index contributed by atoms with van der Waals surface area (Å²) >= 11 is 0. The Kier molecular flexibility index (Phi) is 8.83. The second kappa shape index (κ2) is 11.2. The maximum atomic E-state index is 10.9. The predicted octanol–water partition coefficient (Wildman–Crippen LogP) is 6.17. The van der Waals surface area contributed by atoms with Gasteiger partial charge in [0.25, 0.3) is 0 Å². The fourth-order valence-corrected chi connectivity index (χ4v) is 7.59. The van der Waals surface area contributed by atoms with Crippen LogP contribution < -0.4 is 0 Å². The minimum Gasteiger partial charge on any atom is -0.481 e. The molecule has 0 heterocycles. The Labute approximate surface area is 188 Å². The van der Waals surface area contributed by atoms with Crippen LogP contribution in [0.15, 0.2) is 0 Å². The Morgan fingerprint density at radius 2 is 1.06 bits per heavy atom. The zero-order chi connectivity index (χ0) is 22.3. The van der Waals surface area contributed by atoms with E-state index in [1.807, 2.05) is 0 Å². The fraction of sp³-hybridized carbons (Fsp3) is 0.923. The lowest BCUT2D eigenvalue weighted by molar-refractivity contribution is -0.149. The molecule has 5 nitrogen and oxygen atoms in total. The van der Waals surface area contributed by atoms with Gasteiger partial charge in [0.2, 0.25) is 0 Å². The SMILES string of the molecule is O=C(O)CC(O)(CCCCCCCCCCCC12CC3CC(CC(C3)C1)C2)CC(=O)O. The third kappa shape index (κ3) is 7.76. The normalized spacial score (nSPS) is 29.4. The monoisotopic (exact) mass is 436 g/mol. The number of aliphatic hydroxyl groups is 1. The van der Waals surface area contributed by atoms with E-state index in [4.69, 9.17) is 10.2 Å². The third-order valence-electron chi connectivity index (χ3n) is 8.47. The summed E-state index contributed by atoms with van der Waals surface area (Å²) < 4.78 is 0. The van der Waals surface area contributed by atoms with Crippen molar-refractivity contribution in [1.29, 1.82) is 0 Å². The Morgan fingerprint density at radius 1 is 0.677 bits per heavy atom. The number of carbonyl (C=O) groups is 2. The van der Waals surface area contributed by atoms with Crippen LogP contribution in [0.2, 0.25) is 0 Å². The lowest BCUT2D eigenvalue weighted by Gasteiger charge is -2.57. The number of rotatable bonds is 16. The van der Waals surface area contributed by atoms with Crippen molar-refractivity contribution < 1.29 is 24.9 Å². The Bertz CT molecular complexity index is 547. The van der Waals surface area contributed by atoms with Crippen molar-refractivity contribution >= 4 is 11.9 Å². The molecule has 4 bridgehead atoms. The van der Waals surface area contributed by atoms with E-state index in [2.05, 4.69) is 0 Å². The molecule has 0 aromatic rings. The van der Waals surface area contributed by atoms with Gasteiger partial charge in [-0.2, -0.15) is 0 Å². The second-order valence-electron chi connectivity index (χ2n) is 11.5. The highest BCUT2D eigenvalue weighted by molar-refractivity contribution is 5.72. The summed E-state index contributed by atoms with van der Waals surface area (Å²) in [5.41, 5.74) is -0.883. The van der Waals surface area contributed by atoms with E-state index < -0.39 is 30.4 Å². The van der Waals surface area contributed by atoms with Gasteiger partial charge in [-0.15, -0.1) is 0 Å². The topological polar surface area (TPSA) is 94.8 Å². The molecule has 178 valence electrons. The number of carboxylic acid groups (broad SMARTS) is 2. The molecule has 0 aromatic heterocycles. The molecule has 0 aromatic carbocycles. The molecule has 0 atom stereocenters. The molecule has 0 amide bonds. The first-order valence-corrected chi connectivity index (χ1v) is 12.9. The van der Waals surface area contributed by atoms with E-state index >= 15 is 0 Å². The van der Waals surface area contributed by atoms with Crippen molar-refractivity contribution in [2.24, 2.45) is 23.2 Å². The number of hydrogen-bond acceptors (Lipinski definition) is 3. The largest absolute Gasteiger partial charge is 0.481 e. The summed E-state index contributed by atoms with van der Waals surface area (Å²) in [7, 11) is 0. The van der Waals surface area contributed by atoms with Crippen LogP contribution in [-0.4, -0.2) is 32.9 Å². The van der Waals surface area contributed by atoms with E-state index in [1.54, 1.807) is 0 Å². The highest BCUT2D eigenvalue weighted by atomic mass is 16.4. The quantitative estimate of drug-likeness (QED) is 0.251. The molecule has 4 saturated carbocycles. The highest BCUT2D eigenvalue weighted by Crippen LogP contribution is 2.61. The van der Waals surface area contributed by atoms with E-state index in [0.717, 1.165) is 36.0 Å². The Balaban J connectivity index is 1.17. The first kappa shape index (κ1) is 24.5. The van der Waals surface area contributed by atoms with Crippen LogP contribution in [0.3, 0.4) is 0 Å². The van der Waals surface area contributed by atoms with Crippen LogP contribution in [0.4, 0.5) is 0 Å². The molecule has 5 heteroatoms. The molecular weight excluding hydrogens is 392 g/mol. The van der Waals surface area contributed by atoms with Crippen molar-refractivity contribution in [2.75, 3.05) is 0 Å². The average molecular weight is 437 g/mol. The van der Waals surface area contributed by atoms with Gasteiger partial charge >= 0.3 is 11.9 Å². The molecule has 31 heavy (non-hydrogen) atoms. The average Bonchev–Trinajstić information content (AvgIpc) is 2.63. The first-order chi connectivity index (χ1) is 14.8. The summed E-state index contributed by atoms with van der Waals surface area (Å²) in [4.78, 5) is 21.8. The molecule has 4 aliphatic carbocycles. The number of unbranched alkanes of at least 4 members (excludes halogenated alkanes) is 8. The number of carboxylic acids is 2. The van der Waals surface area contributed by atoms with Gasteiger partial charge in [0.1, 0.15) is 0 Å². The zero-order valence-corrected chi connectivity index (χ0v) is 19.3. The van der Waals surface area contributed by atoms with E-state index in [-0.39, 0.29) is 6.42 Å². The molecule has 0 radical (unpaired) electrons. The summed E-state index contributed by atoms with van der Waals surface area (Å²) in [5.74, 6) is 0.903. The van der Waals surface area contributed by atoms with Gasteiger partial charge in [-0.05, 0) is 74.5 Å². The predicted molar refractivity (Wildman–Crippen MR) is 121 cm³/mol. The highest BCUT2D eigenvalue weighted by Gasteiger charge is 2.50. The van der Waals surface area contributed by atoms with E-state index in [9.17, 15) is 14.7 Å². The zero-order valence-electron chi connectivity index (χ0n) is 19.3. The van der Waals surface area contributed by atoms with Crippen LogP contribution in [-0.2, 0) is 9.59 Å². The molecule has 0 spiro atoms. The first-order valence-electron chi connectivity index (χ1n) is 12.9. The van der Waals surface area contributed by atoms with Gasteiger partial charge in [0, 0.05) is 0 Å². The minimum absolute atomic E-state index is 0.246. The number of aliphatic carboxylic acids is 2. The van der Waals surface area contributed by atoms with Crippen molar-refractivity contribution in [1.82, 2.24) is 0 Å². The summed E-state index contributed by atoms with van der Waals surface area (Å²) in [6.45, 7) is 0. The summed E-state index contributed by atoms with van der Waals surface area (Å²) in [6, 6.07) is 0. The van der Waals surface area contributed by atoms with Gasteiger partial charge in [-0.3, -0.25) is 9.59 Å². The molecule has 0 aliphatic heterocycles. The van der Waals surface area contributed by atoms with Crippen LogP contribution in [0.1, 0.15) is 122 Å². The molecule has 4 aliphatic rings. The van der Waals surface area contributed by atoms with Crippen molar-refractivity contribution in [3.8, 4) is 0 Å². The maximum absolute atomic E-state index is 10.9. The molecule has 0 unspecified atom stereocenters. The molecule has 4 rings (SSSR count). The number of hydrogen-bond donors (Lipinski definition) is 3. The van der Waals surface area contributed by atoms with Gasteiger partial charge in [-0.1, -0.05) is 57.8 Å². The fourth-order valence-electron chi connectivity index (χ4n) is 7.59. The van der Waals surface area contributed by atoms with Gasteiger partial charge in [0.15, 0.2) is 0 Å². The van der Waals surface area contributed by atoms with Crippen LogP contribution in [0.25, 0.3) is 0 Å². The van der Waals surface area contributed by atoms with Crippen molar-refractivity contribution in [3.63, 3.8) is 0 Å². The van der Waals surface area contributed by atoms with Gasteiger partial charge < -0.3 is 15.3 Å². The van der Waals surface area contributed by atoms with Crippen molar-refractivity contribution in [2.45, 2.75) is 128 Å². The van der Waals surface area contributed by atoms with Gasteiger partial charge in [0.05, 0.1) is 18.4 Å². The van der Waals surface area contributed by atoms with Crippen molar-refractivity contribution in [3.05, 3.63) is 0 Å². The Morgan fingerprint density at radius 3 is 1.48 bits per heavy atom. The molecule has 4 fully saturated rings. The molecule has 0 saturated heterocycles. The van der Waals surface area contributed by atoms with E-state index in [1.165, 1.54) is 83.5 Å². The smallest absolute Gasteiger partial charge is 0.306 e. The minimum atomic E-state index is -1.62. The van der Waals surface area contributed by atoms with E-state index in [0.29, 0.717) is 6.42 Å². The molecule has 3 N–H and O–H groups in total. The van der Waals surface area contributed by atoms with Crippen LogP contribution in [0, 0.1) is 23.2 Å². The maximum Gasteiger partial charge on any atom is 0.306 e. The second-order valence-corrected chi connectivity index (χ2v) is 11.5. The van der Waals surface area contributed by atoms with Crippen LogP contribution in [0.5, 0.6) is 0 Å². The Hall–Kier alpha value is -1.10. The van der Waals surface area contributed by atoms with Crippen LogP contribution >= 0.6 is 0 Å². The standard InChI is InChI=1S/C26H44O5/c27-23(28)18-26(31,19-24(29)30)11-9-7-5-3-1-2-4-6-8-10-25-15-20-12-21(16-25)14-22(13-20)17-25/h20-22,31H,1-19H2,(H,27,28)(H,29,30). The summed E-state index contributed by atoms with van der Waals surface area (Å²) in [6.07, 6.45) is 20.5. The summed E-state index contributed by atoms with van der Waals surface area (Å²) in [5, 5.41) is 28.1. The lowest BCUT2D eigenvalue weighted by Crippen LogP contribution is -2.45.